The van der Waals surface area contributed by atoms with Gasteiger partial charge in [-0.25, -0.2) is 0 Å². The second kappa shape index (κ2) is 6.07. The first-order chi connectivity index (χ1) is 10.7. The van der Waals surface area contributed by atoms with Crippen LogP contribution in [0.1, 0.15) is 61.4 Å². The molecule has 0 spiro atoms. The summed E-state index contributed by atoms with van der Waals surface area (Å²) in [6.07, 6.45) is 8.91. The van der Waals surface area contributed by atoms with E-state index < -0.39 is 0 Å². The van der Waals surface area contributed by atoms with Gasteiger partial charge in [0.1, 0.15) is 0 Å². The van der Waals surface area contributed by atoms with Gasteiger partial charge in [0.15, 0.2) is 0 Å². The average Bonchev–Trinajstić information content (AvgIpc) is 3.05. The Bertz CT molecular complexity index is 627. The predicted molar refractivity (Wildman–Crippen MR) is 86.5 cm³/mol. The molecule has 1 aromatic rings. The maximum atomic E-state index is 12.1. The first-order valence-electron chi connectivity index (χ1n) is 8.36. The Morgan fingerprint density at radius 2 is 1.73 bits per heavy atom. The van der Waals surface area contributed by atoms with Crippen molar-refractivity contribution >= 4 is 11.8 Å². The van der Waals surface area contributed by atoms with Crippen LogP contribution in [-0.2, 0) is 28.9 Å². The number of rotatable bonds is 5. The first-order valence-corrected chi connectivity index (χ1v) is 8.36. The standard InChI is InChI=1S/C19H23NO2/c1-3-5-13-7-8-14-9-10-16(19(14)15(13)6-4-2)20-17(21)11-12-18(20)22/h7-8,11-12,16H,3-6,9-10H2,1-2H3/t16-/m0/s1. The lowest BCUT2D eigenvalue weighted by Gasteiger charge is -2.26. The summed E-state index contributed by atoms with van der Waals surface area (Å²) in [4.78, 5) is 25.6. The number of amides is 2. The highest BCUT2D eigenvalue weighted by molar-refractivity contribution is 6.13. The molecular weight excluding hydrogens is 274 g/mol. The zero-order valence-electron chi connectivity index (χ0n) is 13.4. The van der Waals surface area contributed by atoms with E-state index in [0.717, 1.165) is 38.5 Å². The zero-order valence-corrected chi connectivity index (χ0v) is 13.4. The third-order valence-electron chi connectivity index (χ3n) is 4.74. The van der Waals surface area contributed by atoms with Gasteiger partial charge in [-0.15, -0.1) is 0 Å². The minimum atomic E-state index is -0.161. The predicted octanol–water partition coefficient (Wildman–Crippen LogP) is 3.50. The molecule has 0 unspecified atom stereocenters. The molecular formula is C19H23NO2. The summed E-state index contributed by atoms with van der Waals surface area (Å²) in [6.45, 7) is 4.38. The highest BCUT2D eigenvalue weighted by Crippen LogP contribution is 2.41. The van der Waals surface area contributed by atoms with Crippen LogP contribution in [0.15, 0.2) is 24.3 Å². The lowest BCUT2D eigenvalue weighted by Crippen LogP contribution is -2.33. The van der Waals surface area contributed by atoms with Crippen LogP contribution in [0.3, 0.4) is 0 Å². The molecule has 1 atom stereocenters. The maximum absolute atomic E-state index is 12.1. The van der Waals surface area contributed by atoms with Gasteiger partial charge in [-0.3, -0.25) is 14.5 Å². The molecule has 3 nitrogen and oxygen atoms in total. The number of hydrogen-bond acceptors (Lipinski definition) is 2. The number of carbonyl (C=O) groups is 2. The molecule has 1 aromatic carbocycles. The van der Waals surface area contributed by atoms with E-state index >= 15 is 0 Å². The van der Waals surface area contributed by atoms with Crippen molar-refractivity contribution in [1.82, 2.24) is 4.90 Å². The Balaban J connectivity index is 2.06. The number of aryl methyl sites for hydroxylation is 2. The number of benzene rings is 1. The fourth-order valence-corrected chi connectivity index (χ4v) is 3.85. The van der Waals surface area contributed by atoms with Crippen molar-refractivity contribution in [3.8, 4) is 0 Å². The lowest BCUT2D eigenvalue weighted by molar-refractivity contribution is -0.139. The van der Waals surface area contributed by atoms with E-state index in [4.69, 9.17) is 0 Å². The Kier molecular flexibility index (Phi) is 4.14. The molecule has 22 heavy (non-hydrogen) atoms. The fraction of sp³-hybridized carbons (Fsp3) is 0.474. The van der Waals surface area contributed by atoms with Crippen molar-refractivity contribution in [3.05, 3.63) is 46.5 Å². The van der Waals surface area contributed by atoms with E-state index in [2.05, 4.69) is 26.0 Å². The third-order valence-corrected chi connectivity index (χ3v) is 4.74. The van der Waals surface area contributed by atoms with Crippen molar-refractivity contribution in [2.45, 2.75) is 58.4 Å². The van der Waals surface area contributed by atoms with Gasteiger partial charge >= 0.3 is 0 Å². The van der Waals surface area contributed by atoms with Gasteiger partial charge < -0.3 is 0 Å². The summed E-state index contributed by atoms with van der Waals surface area (Å²) in [5.74, 6) is -0.322. The summed E-state index contributed by atoms with van der Waals surface area (Å²) in [5, 5.41) is 0. The van der Waals surface area contributed by atoms with Crippen molar-refractivity contribution in [2.75, 3.05) is 0 Å². The zero-order chi connectivity index (χ0) is 15.7. The van der Waals surface area contributed by atoms with E-state index in [-0.39, 0.29) is 17.9 Å². The molecule has 0 radical (unpaired) electrons. The Morgan fingerprint density at radius 3 is 2.36 bits per heavy atom. The molecule has 0 N–H and O–H groups in total. The van der Waals surface area contributed by atoms with Gasteiger partial charge in [0.2, 0.25) is 0 Å². The molecule has 0 bridgehead atoms. The molecule has 0 fully saturated rings. The molecule has 0 saturated heterocycles. The van der Waals surface area contributed by atoms with Crippen LogP contribution in [0.25, 0.3) is 0 Å². The Morgan fingerprint density at radius 1 is 1.05 bits per heavy atom. The van der Waals surface area contributed by atoms with Crippen LogP contribution in [0.4, 0.5) is 0 Å². The second-order valence-electron chi connectivity index (χ2n) is 6.21. The number of imide groups is 1. The fourth-order valence-electron chi connectivity index (χ4n) is 3.85. The minimum absolute atomic E-state index is 0.0663. The molecule has 2 aliphatic rings. The molecule has 1 aliphatic heterocycles. The summed E-state index contributed by atoms with van der Waals surface area (Å²) in [6, 6.07) is 4.39. The van der Waals surface area contributed by atoms with Crippen LogP contribution in [-0.4, -0.2) is 16.7 Å². The minimum Gasteiger partial charge on any atom is -0.269 e. The van der Waals surface area contributed by atoms with E-state index in [1.54, 1.807) is 0 Å². The van der Waals surface area contributed by atoms with Gasteiger partial charge in [-0.05, 0) is 47.9 Å². The van der Waals surface area contributed by atoms with Gasteiger partial charge in [-0.2, -0.15) is 0 Å². The summed E-state index contributed by atoms with van der Waals surface area (Å²) in [7, 11) is 0. The Hall–Kier alpha value is -1.90. The number of nitrogens with zero attached hydrogens (tertiary/aromatic N) is 1. The van der Waals surface area contributed by atoms with Crippen molar-refractivity contribution in [1.29, 1.82) is 0 Å². The van der Waals surface area contributed by atoms with Gasteiger partial charge in [0.05, 0.1) is 6.04 Å². The Labute approximate surface area is 132 Å². The van der Waals surface area contributed by atoms with Crippen LogP contribution < -0.4 is 0 Å². The van der Waals surface area contributed by atoms with Gasteiger partial charge in [0.25, 0.3) is 11.8 Å². The second-order valence-corrected chi connectivity index (χ2v) is 6.21. The SMILES string of the molecule is CCCc1ccc2c(c1CCC)[C@@H](N1C(=O)C=CC1=O)CC2. The number of fused-ring (bicyclic) bond motifs is 1. The number of carbonyl (C=O) groups excluding carboxylic acids is 2. The molecule has 3 heteroatoms. The smallest absolute Gasteiger partial charge is 0.254 e. The largest absolute Gasteiger partial charge is 0.269 e. The quantitative estimate of drug-likeness (QED) is 0.780. The molecule has 1 aliphatic carbocycles. The summed E-state index contributed by atoms with van der Waals surface area (Å²) in [5.41, 5.74) is 5.36. The van der Waals surface area contributed by atoms with Crippen LogP contribution >= 0.6 is 0 Å². The van der Waals surface area contributed by atoms with E-state index in [1.165, 1.54) is 39.3 Å². The van der Waals surface area contributed by atoms with E-state index in [0.29, 0.717) is 0 Å². The lowest BCUT2D eigenvalue weighted by atomic mass is 9.90. The summed E-state index contributed by atoms with van der Waals surface area (Å²) < 4.78 is 0. The maximum Gasteiger partial charge on any atom is 0.254 e. The van der Waals surface area contributed by atoms with E-state index in [9.17, 15) is 9.59 Å². The van der Waals surface area contributed by atoms with Crippen molar-refractivity contribution in [2.24, 2.45) is 0 Å². The van der Waals surface area contributed by atoms with E-state index in [1.807, 2.05) is 0 Å². The molecule has 116 valence electrons. The van der Waals surface area contributed by atoms with Crippen LogP contribution in [0.5, 0.6) is 0 Å². The molecule has 0 aromatic heterocycles. The van der Waals surface area contributed by atoms with Crippen molar-refractivity contribution in [3.63, 3.8) is 0 Å². The first kappa shape index (κ1) is 15.0. The highest BCUT2D eigenvalue weighted by Gasteiger charge is 2.37. The molecule has 3 rings (SSSR count). The number of hydrogen-bond donors (Lipinski definition) is 0. The highest BCUT2D eigenvalue weighted by atomic mass is 16.2. The molecule has 1 heterocycles. The monoisotopic (exact) mass is 297 g/mol. The normalized spacial score (nSPS) is 20.1. The van der Waals surface area contributed by atoms with Gasteiger partial charge in [-0.1, -0.05) is 38.8 Å². The third kappa shape index (κ3) is 2.39. The van der Waals surface area contributed by atoms with Crippen LogP contribution in [0.2, 0.25) is 0 Å². The topological polar surface area (TPSA) is 37.4 Å². The molecule has 0 saturated carbocycles. The van der Waals surface area contributed by atoms with Crippen molar-refractivity contribution < 1.29 is 9.59 Å². The average molecular weight is 297 g/mol. The summed E-state index contributed by atoms with van der Waals surface area (Å²) >= 11 is 0. The van der Waals surface area contributed by atoms with Gasteiger partial charge in [0, 0.05) is 12.2 Å². The van der Waals surface area contributed by atoms with Crippen LogP contribution in [0, 0.1) is 0 Å². The molecule has 2 amide bonds.